The van der Waals surface area contributed by atoms with Gasteiger partial charge in [-0.05, 0) is 59.9 Å². The number of hydrogen-bond donors (Lipinski definition) is 1. The Morgan fingerprint density at radius 1 is 1.15 bits per heavy atom. The molecule has 0 saturated heterocycles. The topological polar surface area (TPSA) is 57.4 Å². The van der Waals surface area contributed by atoms with Crippen molar-refractivity contribution >= 4 is 25.6 Å². The van der Waals surface area contributed by atoms with E-state index in [1.165, 1.54) is 6.07 Å². The van der Waals surface area contributed by atoms with Crippen molar-refractivity contribution in [2.75, 3.05) is 18.9 Å². The fraction of sp³-hybridized carbons (Fsp3) is 0.450. The van der Waals surface area contributed by atoms with E-state index >= 15 is 0 Å². The number of rotatable bonds is 6. The number of ether oxygens (including phenoxy) is 1. The Morgan fingerprint density at radius 3 is 2.44 bits per heavy atom. The van der Waals surface area contributed by atoms with Crippen LogP contribution < -0.4 is 10.5 Å². The Balaban J connectivity index is 2.11. The number of halogens is 2. The van der Waals surface area contributed by atoms with Crippen LogP contribution in [0.3, 0.4) is 0 Å². The molecule has 0 atom stereocenters. The van der Waals surface area contributed by atoms with E-state index < -0.39 is 14.1 Å². The van der Waals surface area contributed by atoms with Crippen molar-refractivity contribution in [3.63, 3.8) is 0 Å². The van der Waals surface area contributed by atoms with Gasteiger partial charge in [0.05, 0.1) is 12.3 Å². The molecule has 1 aromatic heterocycles. The SMILES string of the molecule is Cc1cc(F)c(N)cc1-c1cc(Cl)nc(OCCO[Si](C)(C)C(C)(C)C)c1. The van der Waals surface area contributed by atoms with Crippen molar-refractivity contribution in [3.05, 3.63) is 40.8 Å². The Hall–Kier alpha value is -1.63. The summed E-state index contributed by atoms with van der Waals surface area (Å²) < 4.78 is 25.5. The van der Waals surface area contributed by atoms with E-state index in [1.54, 1.807) is 18.2 Å². The predicted octanol–water partition coefficient (Wildman–Crippen LogP) is 5.83. The van der Waals surface area contributed by atoms with Gasteiger partial charge in [0.1, 0.15) is 17.6 Å². The van der Waals surface area contributed by atoms with Gasteiger partial charge in [0.15, 0.2) is 8.32 Å². The highest BCUT2D eigenvalue weighted by molar-refractivity contribution is 6.74. The van der Waals surface area contributed by atoms with Crippen LogP contribution in [0.4, 0.5) is 10.1 Å². The van der Waals surface area contributed by atoms with Gasteiger partial charge in [-0.15, -0.1) is 0 Å². The van der Waals surface area contributed by atoms with Gasteiger partial charge >= 0.3 is 0 Å². The number of hydrogen-bond acceptors (Lipinski definition) is 4. The van der Waals surface area contributed by atoms with Crippen LogP contribution in [0, 0.1) is 12.7 Å². The number of pyridine rings is 1. The van der Waals surface area contributed by atoms with Crippen LogP contribution in [0.15, 0.2) is 24.3 Å². The van der Waals surface area contributed by atoms with Crippen molar-refractivity contribution in [2.24, 2.45) is 0 Å². The summed E-state index contributed by atoms with van der Waals surface area (Å²) in [5.74, 6) is -0.0331. The number of aromatic nitrogens is 1. The molecule has 2 aromatic rings. The molecule has 0 radical (unpaired) electrons. The number of nitrogens with two attached hydrogens (primary N) is 1. The summed E-state index contributed by atoms with van der Waals surface area (Å²) in [6.07, 6.45) is 0. The van der Waals surface area contributed by atoms with E-state index in [0.717, 1.165) is 16.7 Å². The van der Waals surface area contributed by atoms with Crippen LogP contribution in [-0.2, 0) is 4.43 Å². The Labute approximate surface area is 167 Å². The lowest BCUT2D eigenvalue weighted by atomic mass is 10.0. The first kappa shape index (κ1) is 21.7. The number of anilines is 1. The van der Waals surface area contributed by atoms with Gasteiger partial charge in [0, 0.05) is 6.07 Å². The summed E-state index contributed by atoms with van der Waals surface area (Å²) >= 11 is 6.15. The summed E-state index contributed by atoms with van der Waals surface area (Å²) in [6.45, 7) is 13.7. The van der Waals surface area contributed by atoms with Gasteiger partial charge in [-0.25, -0.2) is 9.37 Å². The third-order valence-electron chi connectivity index (χ3n) is 5.03. The summed E-state index contributed by atoms with van der Waals surface area (Å²) in [5, 5.41) is 0.448. The van der Waals surface area contributed by atoms with E-state index in [1.807, 2.05) is 6.92 Å². The van der Waals surface area contributed by atoms with E-state index in [9.17, 15) is 4.39 Å². The molecule has 0 aliphatic rings. The molecule has 2 N–H and O–H groups in total. The smallest absolute Gasteiger partial charge is 0.215 e. The molecular weight excluding hydrogens is 383 g/mol. The second kappa shape index (κ2) is 8.16. The lowest BCUT2D eigenvalue weighted by Crippen LogP contribution is -2.41. The number of benzene rings is 1. The van der Waals surface area contributed by atoms with E-state index in [-0.39, 0.29) is 10.7 Å². The Morgan fingerprint density at radius 2 is 1.81 bits per heavy atom. The van der Waals surface area contributed by atoms with Gasteiger partial charge in [0.2, 0.25) is 5.88 Å². The van der Waals surface area contributed by atoms with Crippen LogP contribution in [0.2, 0.25) is 23.3 Å². The van der Waals surface area contributed by atoms with Crippen LogP contribution in [0.1, 0.15) is 26.3 Å². The first-order valence-corrected chi connectivity index (χ1v) is 12.2. The largest absolute Gasteiger partial charge is 0.475 e. The summed E-state index contributed by atoms with van der Waals surface area (Å²) in [4.78, 5) is 4.21. The molecule has 7 heteroatoms. The van der Waals surface area contributed by atoms with E-state index in [2.05, 4.69) is 38.8 Å². The highest BCUT2D eigenvalue weighted by Crippen LogP contribution is 2.36. The molecule has 148 valence electrons. The lowest BCUT2D eigenvalue weighted by Gasteiger charge is -2.36. The molecule has 0 spiro atoms. The molecule has 0 saturated carbocycles. The van der Waals surface area contributed by atoms with Crippen molar-refractivity contribution < 1.29 is 13.6 Å². The average Bonchev–Trinajstić information content (AvgIpc) is 2.53. The number of aryl methyl sites for hydroxylation is 1. The lowest BCUT2D eigenvalue weighted by molar-refractivity contribution is 0.199. The molecule has 0 fully saturated rings. The highest BCUT2D eigenvalue weighted by Gasteiger charge is 2.36. The molecule has 0 aliphatic carbocycles. The number of nitrogens with zero attached hydrogens (tertiary/aromatic N) is 1. The summed E-state index contributed by atoms with van der Waals surface area (Å²) in [5.41, 5.74) is 8.13. The first-order valence-electron chi connectivity index (χ1n) is 8.91. The normalized spacial score (nSPS) is 12.3. The zero-order valence-corrected chi connectivity index (χ0v) is 18.6. The zero-order chi connectivity index (χ0) is 20.4. The Bertz CT molecular complexity index is 822. The fourth-order valence-electron chi connectivity index (χ4n) is 2.36. The van der Waals surface area contributed by atoms with Gasteiger partial charge < -0.3 is 14.9 Å². The molecule has 4 nitrogen and oxygen atoms in total. The van der Waals surface area contributed by atoms with Crippen LogP contribution >= 0.6 is 11.6 Å². The van der Waals surface area contributed by atoms with Crippen molar-refractivity contribution in [1.82, 2.24) is 4.98 Å². The minimum Gasteiger partial charge on any atom is -0.475 e. The second-order valence-corrected chi connectivity index (χ2v) is 13.4. The molecule has 2 rings (SSSR count). The molecule has 0 amide bonds. The van der Waals surface area contributed by atoms with Gasteiger partial charge in [-0.1, -0.05) is 32.4 Å². The third-order valence-corrected chi connectivity index (χ3v) is 9.76. The molecule has 1 aromatic carbocycles. The van der Waals surface area contributed by atoms with E-state index in [4.69, 9.17) is 26.5 Å². The van der Waals surface area contributed by atoms with Crippen molar-refractivity contribution in [2.45, 2.75) is 45.8 Å². The summed E-state index contributed by atoms with van der Waals surface area (Å²) in [7, 11) is -1.81. The standard InChI is InChI=1S/C20H28ClFN2O2Si/c1-13-9-16(22)17(23)12-15(13)14-10-18(21)24-19(11-14)25-7-8-26-27(5,6)20(2,3)4/h9-12H,7-8,23H2,1-6H3. The molecule has 0 bridgehead atoms. The number of nitrogen functional groups attached to an aromatic ring is 1. The summed E-state index contributed by atoms with van der Waals surface area (Å²) in [6, 6.07) is 6.49. The molecule has 1 heterocycles. The minimum absolute atomic E-state index is 0.0915. The first-order chi connectivity index (χ1) is 12.4. The van der Waals surface area contributed by atoms with Gasteiger partial charge in [-0.3, -0.25) is 0 Å². The monoisotopic (exact) mass is 410 g/mol. The fourth-order valence-corrected chi connectivity index (χ4v) is 3.59. The molecular formula is C20H28ClFN2O2Si. The van der Waals surface area contributed by atoms with Crippen LogP contribution in [0.25, 0.3) is 11.1 Å². The third kappa shape index (κ3) is 5.43. The zero-order valence-electron chi connectivity index (χ0n) is 16.8. The maximum absolute atomic E-state index is 13.6. The molecule has 27 heavy (non-hydrogen) atoms. The van der Waals surface area contributed by atoms with Crippen molar-refractivity contribution in [1.29, 1.82) is 0 Å². The van der Waals surface area contributed by atoms with E-state index in [0.29, 0.717) is 24.2 Å². The van der Waals surface area contributed by atoms with Crippen LogP contribution in [0.5, 0.6) is 5.88 Å². The second-order valence-electron chi connectivity index (χ2n) is 8.16. The van der Waals surface area contributed by atoms with Gasteiger partial charge in [-0.2, -0.15) is 0 Å². The average molecular weight is 411 g/mol. The predicted molar refractivity (Wildman–Crippen MR) is 112 cm³/mol. The van der Waals surface area contributed by atoms with Gasteiger partial charge in [0.25, 0.3) is 0 Å². The maximum atomic E-state index is 13.6. The Kier molecular flexibility index (Phi) is 6.55. The highest BCUT2D eigenvalue weighted by atomic mass is 35.5. The molecule has 0 unspecified atom stereocenters. The maximum Gasteiger partial charge on any atom is 0.215 e. The van der Waals surface area contributed by atoms with Crippen molar-refractivity contribution in [3.8, 4) is 17.0 Å². The van der Waals surface area contributed by atoms with Crippen LogP contribution in [-0.4, -0.2) is 26.5 Å². The molecule has 0 aliphatic heterocycles. The minimum atomic E-state index is -1.81. The quantitative estimate of drug-likeness (QED) is 0.281.